The molecule has 1 aromatic heterocycles. The Morgan fingerprint density at radius 2 is 1.83 bits per heavy atom. The van der Waals surface area contributed by atoms with Crippen LogP contribution in [0.15, 0.2) is 60.8 Å². The first-order valence-corrected chi connectivity index (χ1v) is 8.20. The number of carbonyl (C=O) groups excluding carboxylic acids is 1. The minimum atomic E-state index is -0.304. The van der Waals surface area contributed by atoms with Gasteiger partial charge in [0.2, 0.25) is 0 Å². The van der Waals surface area contributed by atoms with E-state index in [-0.39, 0.29) is 11.8 Å². The SMILES string of the molecule is CCCCN[C@@H](C(=O)c1c[nH]c2ccccc12)c1ccccc1. The zero-order chi connectivity index (χ0) is 16.1. The highest BCUT2D eigenvalue weighted by Crippen LogP contribution is 2.24. The molecule has 0 unspecified atom stereocenters. The van der Waals surface area contributed by atoms with Crippen LogP contribution in [-0.4, -0.2) is 17.3 Å². The van der Waals surface area contributed by atoms with Gasteiger partial charge in [-0.1, -0.05) is 61.9 Å². The van der Waals surface area contributed by atoms with Crippen LogP contribution in [0.2, 0.25) is 0 Å². The molecule has 0 fully saturated rings. The smallest absolute Gasteiger partial charge is 0.186 e. The van der Waals surface area contributed by atoms with Crippen molar-refractivity contribution >= 4 is 16.7 Å². The van der Waals surface area contributed by atoms with Crippen molar-refractivity contribution in [2.45, 2.75) is 25.8 Å². The lowest BCUT2D eigenvalue weighted by molar-refractivity contribution is 0.0944. The summed E-state index contributed by atoms with van der Waals surface area (Å²) in [4.78, 5) is 16.3. The van der Waals surface area contributed by atoms with Crippen LogP contribution in [0.4, 0.5) is 0 Å². The van der Waals surface area contributed by atoms with Crippen molar-refractivity contribution in [1.82, 2.24) is 10.3 Å². The van der Waals surface area contributed by atoms with Gasteiger partial charge in [-0.05, 0) is 24.6 Å². The van der Waals surface area contributed by atoms with Gasteiger partial charge < -0.3 is 10.3 Å². The Kier molecular flexibility index (Phi) is 4.89. The Morgan fingerprint density at radius 3 is 2.61 bits per heavy atom. The third kappa shape index (κ3) is 3.35. The minimum Gasteiger partial charge on any atom is -0.360 e. The summed E-state index contributed by atoms with van der Waals surface area (Å²) in [6.45, 7) is 2.99. The number of benzene rings is 2. The molecular weight excluding hydrogens is 284 g/mol. The van der Waals surface area contributed by atoms with E-state index in [1.807, 2.05) is 60.8 Å². The molecule has 3 rings (SSSR count). The molecule has 0 aliphatic heterocycles. The number of ketones is 1. The fraction of sp³-hybridized carbons (Fsp3) is 0.250. The lowest BCUT2D eigenvalue weighted by atomic mass is 9.97. The Hall–Kier alpha value is -2.39. The first kappa shape index (κ1) is 15.5. The number of nitrogens with one attached hydrogen (secondary N) is 2. The van der Waals surface area contributed by atoms with Gasteiger partial charge in [0, 0.05) is 22.7 Å². The second-order valence-electron chi connectivity index (χ2n) is 5.76. The van der Waals surface area contributed by atoms with Crippen molar-refractivity contribution in [3.05, 3.63) is 71.9 Å². The average molecular weight is 306 g/mol. The van der Waals surface area contributed by atoms with Gasteiger partial charge in [0.05, 0.1) is 6.04 Å². The summed E-state index contributed by atoms with van der Waals surface area (Å²) in [7, 11) is 0. The normalized spacial score (nSPS) is 12.4. The van der Waals surface area contributed by atoms with Crippen LogP contribution in [0.3, 0.4) is 0 Å². The number of rotatable bonds is 7. The van der Waals surface area contributed by atoms with Crippen LogP contribution >= 0.6 is 0 Å². The zero-order valence-corrected chi connectivity index (χ0v) is 13.4. The molecule has 0 aliphatic rings. The number of para-hydroxylation sites is 1. The van der Waals surface area contributed by atoms with Crippen molar-refractivity contribution in [3.63, 3.8) is 0 Å². The first-order chi connectivity index (χ1) is 11.3. The quantitative estimate of drug-likeness (QED) is 0.499. The second-order valence-corrected chi connectivity index (χ2v) is 5.76. The van der Waals surface area contributed by atoms with Crippen LogP contribution in [0.1, 0.15) is 41.7 Å². The summed E-state index contributed by atoms with van der Waals surface area (Å²) in [6.07, 6.45) is 3.99. The summed E-state index contributed by atoms with van der Waals surface area (Å²) in [5.41, 5.74) is 2.76. The third-order valence-electron chi connectivity index (χ3n) is 4.13. The van der Waals surface area contributed by atoms with E-state index < -0.39 is 0 Å². The fourth-order valence-electron chi connectivity index (χ4n) is 2.86. The summed E-state index contributed by atoms with van der Waals surface area (Å²) >= 11 is 0. The molecule has 0 amide bonds. The van der Waals surface area contributed by atoms with Gasteiger partial charge in [-0.25, -0.2) is 0 Å². The molecule has 1 atom stereocenters. The van der Waals surface area contributed by atoms with Gasteiger partial charge in [0.1, 0.15) is 0 Å². The van der Waals surface area contributed by atoms with Crippen molar-refractivity contribution < 1.29 is 4.79 Å². The molecule has 0 saturated carbocycles. The van der Waals surface area contributed by atoms with Crippen LogP contribution in [0, 0.1) is 0 Å². The fourth-order valence-corrected chi connectivity index (χ4v) is 2.86. The molecule has 0 spiro atoms. The lowest BCUT2D eigenvalue weighted by Gasteiger charge is -2.18. The van der Waals surface area contributed by atoms with Gasteiger partial charge in [0.15, 0.2) is 5.78 Å². The number of unbranched alkanes of at least 4 members (excludes halogenated alkanes) is 1. The van der Waals surface area contributed by atoms with Gasteiger partial charge in [-0.3, -0.25) is 4.79 Å². The highest BCUT2D eigenvalue weighted by molar-refractivity contribution is 6.10. The lowest BCUT2D eigenvalue weighted by Crippen LogP contribution is -2.29. The van der Waals surface area contributed by atoms with E-state index in [1.54, 1.807) is 0 Å². The maximum absolute atomic E-state index is 13.1. The molecule has 2 N–H and O–H groups in total. The van der Waals surface area contributed by atoms with Crippen molar-refractivity contribution in [2.24, 2.45) is 0 Å². The molecule has 23 heavy (non-hydrogen) atoms. The van der Waals surface area contributed by atoms with E-state index in [2.05, 4.69) is 17.2 Å². The maximum Gasteiger partial charge on any atom is 0.186 e. The number of aromatic nitrogens is 1. The molecule has 118 valence electrons. The number of aromatic amines is 1. The molecule has 0 aliphatic carbocycles. The largest absolute Gasteiger partial charge is 0.360 e. The Bertz CT molecular complexity index is 776. The van der Waals surface area contributed by atoms with Crippen LogP contribution in [0.5, 0.6) is 0 Å². The Labute approximate surface area is 136 Å². The number of carbonyl (C=O) groups is 1. The van der Waals surface area contributed by atoms with Gasteiger partial charge in [-0.2, -0.15) is 0 Å². The van der Waals surface area contributed by atoms with E-state index in [4.69, 9.17) is 0 Å². The summed E-state index contributed by atoms with van der Waals surface area (Å²) in [5, 5.41) is 4.41. The Balaban J connectivity index is 1.93. The van der Waals surface area contributed by atoms with Crippen molar-refractivity contribution in [1.29, 1.82) is 0 Å². The summed E-state index contributed by atoms with van der Waals surface area (Å²) in [6, 6.07) is 17.6. The maximum atomic E-state index is 13.1. The zero-order valence-electron chi connectivity index (χ0n) is 13.4. The van der Waals surface area contributed by atoms with Crippen molar-refractivity contribution in [2.75, 3.05) is 6.54 Å². The average Bonchev–Trinajstić information content (AvgIpc) is 3.03. The number of Topliss-reactive ketones (excluding diaryl/α,β-unsaturated/α-hetero) is 1. The number of hydrogen-bond acceptors (Lipinski definition) is 2. The molecule has 0 saturated heterocycles. The van der Waals surface area contributed by atoms with Gasteiger partial charge in [-0.15, -0.1) is 0 Å². The third-order valence-corrected chi connectivity index (χ3v) is 4.13. The number of fused-ring (bicyclic) bond motifs is 1. The summed E-state index contributed by atoms with van der Waals surface area (Å²) in [5.74, 6) is 0.116. The number of H-pyrrole nitrogens is 1. The molecule has 3 aromatic rings. The highest BCUT2D eigenvalue weighted by Gasteiger charge is 2.23. The van der Waals surface area contributed by atoms with E-state index in [1.165, 1.54) is 0 Å². The van der Waals surface area contributed by atoms with Gasteiger partial charge >= 0.3 is 0 Å². The van der Waals surface area contributed by atoms with Crippen LogP contribution in [0.25, 0.3) is 10.9 Å². The molecular formula is C20H22N2O. The molecule has 0 bridgehead atoms. The standard InChI is InChI=1S/C20H22N2O/c1-2-3-13-21-19(15-9-5-4-6-10-15)20(23)17-14-22-18-12-8-7-11-16(17)18/h4-12,14,19,21-22H,2-3,13H2,1H3/t19-/m1/s1. The molecule has 0 radical (unpaired) electrons. The predicted octanol–water partition coefficient (Wildman–Crippen LogP) is 4.48. The second kappa shape index (κ2) is 7.25. The van der Waals surface area contributed by atoms with E-state index >= 15 is 0 Å². The minimum absolute atomic E-state index is 0.116. The Morgan fingerprint density at radius 1 is 1.09 bits per heavy atom. The monoisotopic (exact) mass is 306 g/mol. The van der Waals surface area contributed by atoms with E-state index in [9.17, 15) is 4.79 Å². The molecule has 2 aromatic carbocycles. The van der Waals surface area contributed by atoms with Crippen molar-refractivity contribution in [3.8, 4) is 0 Å². The molecule has 3 heteroatoms. The van der Waals surface area contributed by atoms with Crippen LogP contribution in [-0.2, 0) is 0 Å². The molecule has 3 nitrogen and oxygen atoms in total. The van der Waals surface area contributed by atoms with E-state index in [0.717, 1.165) is 41.4 Å². The summed E-state index contributed by atoms with van der Waals surface area (Å²) < 4.78 is 0. The topological polar surface area (TPSA) is 44.9 Å². The first-order valence-electron chi connectivity index (χ1n) is 8.20. The number of hydrogen-bond donors (Lipinski definition) is 2. The predicted molar refractivity (Wildman–Crippen MR) is 94.7 cm³/mol. The van der Waals surface area contributed by atoms with E-state index in [0.29, 0.717) is 0 Å². The van der Waals surface area contributed by atoms with Gasteiger partial charge in [0.25, 0.3) is 0 Å². The van der Waals surface area contributed by atoms with Crippen LogP contribution < -0.4 is 5.32 Å². The molecule has 1 heterocycles. The highest BCUT2D eigenvalue weighted by atomic mass is 16.1.